The maximum atomic E-state index is 12.2. The van der Waals surface area contributed by atoms with E-state index in [-0.39, 0.29) is 12.5 Å². The normalized spacial score (nSPS) is 15.9. The molecule has 1 aromatic carbocycles. The van der Waals surface area contributed by atoms with Crippen molar-refractivity contribution in [1.82, 2.24) is 4.90 Å². The number of benzene rings is 1. The maximum absolute atomic E-state index is 12.2. The molecule has 114 valence electrons. The van der Waals surface area contributed by atoms with E-state index in [4.69, 9.17) is 6.42 Å². The van der Waals surface area contributed by atoms with Crippen molar-refractivity contribution in [3.8, 4) is 12.3 Å². The fraction of sp³-hybridized carbons (Fsp3) is 0.333. The third kappa shape index (κ3) is 3.20. The van der Waals surface area contributed by atoms with Gasteiger partial charge in [0, 0.05) is 18.8 Å². The summed E-state index contributed by atoms with van der Waals surface area (Å²) in [7, 11) is 0. The molecule has 0 aliphatic carbocycles. The lowest BCUT2D eigenvalue weighted by Crippen LogP contribution is -2.30. The molecular formula is C18H21N3O. The number of terminal acetylenes is 1. The maximum Gasteiger partial charge on any atom is 0.278 e. The number of anilines is 1. The molecule has 2 rings (SSSR count). The van der Waals surface area contributed by atoms with E-state index in [0.717, 1.165) is 18.7 Å². The van der Waals surface area contributed by atoms with Crippen molar-refractivity contribution in [2.45, 2.75) is 20.8 Å². The zero-order chi connectivity index (χ0) is 16.1. The van der Waals surface area contributed by atoms with Crippen LogP contribution in [0.4, 0.5) is 5.69 Å². The van der Waals surface area contributed by atoms with Crippen LogP contribution in [0.15, 0.2) is 35.0 Å². The Hall–Kier alpha value is -2.54. The predicted molar refractivity (Wildman–Crippen MR) is 91.6 cm³/mol. The Morgan fingerprint density at radius 3 is 2.45 bits per heavy atom. The summed E-state index contributed by atoms with van der Waals surface area (Å²) in [6.45, 7) is 8.26. The van der Waals surface area contributed by atoms with Gasteiger partial charge >= 0.3 is 0 Å². The van der Waals surface area contributed by atoms with Gasteiger partial charge in [-0.2, -0.15) is 0 Å². The average Bonchev–Trinajstić information content (AvgIpc) is 2.78. The van der Waals surface area contributed by atoms with Crippen molar-refractivity contribution >= 4 is 23.5 Å². The molecule has 0 spiro atoms. The van der Waals surface area contributed by atoms with E-state index < -0.39 is 0 Å². The van der Waals surface area contributed by atoms with Crippen LogP contribution in [0.25, 0.3) is 6.08 Å². The Morgan fingerprint density at radius 1 is 1.27 bits per heavy atom. The van der Waals surface area contributed by atoms with Crippen molar-refractivity contribution < 1.29 is 4.79 Å². The molecule has 1 aromatic rings. The summed E-state index contributed by atoms with van der Waals surface area (Å²) in [5, 5.41) is 0. The number of aliphatic imine (C=N–C) groups is 1. The molecule has 4 heteroatoms. The number of amides is 1. The van der Waals surface area contributed by atoms with Crippen LogP contribution in [-0.4, -0.2) is 36.3 Å². The Kier molecular flexibility index (Phi) is 5.00. The fourth-order valence-electron chi connectivity index (χ4n) is 2.47. The van der Waals surface area contributed by atoms with Crippen LogP contribution in [0.5, 0.6) is 0 Å². The zero-order valence-electron chi connectivity index (χ0n) is 13.3. The van der Waals surface area contributed by atoms with Crippen molar-refractivity contribution in [3.05, 3.63) is 35.5 Å². The lowest BCUT2D eigenvalue weighted by Gasteiger charge is -2.20. The zero-order valence-corrected chi connectivity index (χ0v) is 13.3. The number of nitrogens with zero attached hydrogens (tertiary/aromatic N) is 3. The molecule has 0 N–H and O–H groups in total. The second kappa shape index (κ2) is 6.95. The first-order chi connectivity index (χ1) is 10.6. The quantitative estimate of drug-likeness (QED) is 0.618. The molecular weight excluding hydrogens is 274 g/mol. The number of hydrogen-bond acceptors (Lipinski definition) is 3. The van der Waals surface area contributed by atoms with Crippen molar-refractivity contribution in [2.75, 3.05) is 24.5 Å². The van der Waals surface area contributed by atoms with E-state index in [2.05, 4.69) is 41.8 Å². The van der Waals surface area contributed by atoms with Crippen LogP contribution in [0.1, 0.15) is 26.3 Å². The van der Waals surface area contributed by atoms with E-state index >= 15 is 0 Å². The summed E-state index contributed by atoms with van der Waals surface area (Å²) >= 11 is 0. The SMILES string of the molecule is C#CCN1C(=O)/C(=C\c2ccc(N(CC)CC)cc2)N=C1C. The Balaban J connectivity index is 2.21. The summed E-state index contributed by atoms with van der Waals surface area (Å²) in [6.07, 6.45) is 7.08. The highest BCUT2D eigenvalue weighted by Gasteiger charge is 2.26. The molecule has 4 nitrogen and oxygen atoms in total. The number of carbonyl (C=O) groups is 1. The lowest BCUT2D eigenvalue weighted by atomic mass is 10.1. The summed E-state index contributed by atoms with van der Waals surface area (Å²) in [4.78, 5) is 20.3. The Labute approximate surface area is 132 Å². The number of rotatable bonds is 5. The third-order valence-electron chi connectivity index (χ3n) is 3.71. The van der Waals surface area contributed by atoms with E-state index in [1.54, 1.807) is 13.0 Å². The van der Waals surface area contributed by atoms with Crippen molar-refractivity contribution in [3.63, 3.8) is 0 Å². The van der Waals surface area contributed by atoms with Gasteiger partial charge in [-0.1, -0.05) is 18.1 Å². The standard InChI is InChI=1S/C18H21N3O/c1-5-12-21-14(4)19-17(18(21)22)13-15-8-10-16(11-9-15)20(6-2)7-3/h1,8-11,13H,6-7,12H2,2-4H3/b17-13+. The molecule has 1 heterocycles. The first-order valence-corrected chi connectivity index (χ1v) is 7.48. The summed E-state index contributed by atoms with van der Waals surface area (Å²) in [5.74, 6) is 2.99. The van der Waals surface area contributed by atoms with Gasteiger partial charge in [0.2, 0.25) is 0 Å². The molecule has 0 bridgehead atoms. The van der Waals surface area contributed by atoms with Gasteiger partial charge in [0.25, 0.3) is 5.91 Å². The van der Waals surface area contributed by atoms with Crippen LogP contribution >= 0.6 is 0 Å². The number of hydrogen-bond donors (Lipinski definition) is 0. The Bertz CT molecular complexity index is 646. The lowest BCUT2D eigenvalue weighted by molar-refractivity contribution is -0.122. The van der Waals surface area contributed by atoms with E-state index in [9.17, 15) is 4.79 Å². The van der Waals surface area contributed by atoms with E-state index in [1.165, 1.54) is 10.6 Å². The van der Waals surface area contributed by atoms with Crippen LogP contribution in [0, 0.1) is 12.3 Å². The van der Waals surface area contributed by atoms with Crippen LogP contribution in [0.2, 0.25) is 0 Å². The molecule has 22 heavy (non-hydrogen) atoms. The second-order valence-electron chi connectivity index (χ2n) is 5.05. The molecule has 0 saturated heterocycles. The molecule has 1 amide bonds. The summed E-state index contributed by atoms with van der Waals surface area (Å²) in [6, 6.07) is 8.13. The number of carbonyl (C=O) groups excluding carboxylic acids is 1. The first kappa shape index (κ1) is 15.8. The second-order valence-corrected chi connectivity index (χ2v) is 5.05. The largest absolute Gasteiger partial charge is 0.372 e. The highest BCUT2D eigenvalue weighted by molar-refractivity contribution is 6.13. The highest BCUT2D eigenvalue weighted by Crippen LogP contribution is 2.20. The minimum absolute atomic E-state index is 0.136. The average molecular weight is 295 g/mol. The predicted octanol–water partition coefficient (Wildman–Crippen LogP) is 2.77. The highest BCUT2D eigenvalue weighted by atomic mass is 16.2. The van der Waals surface area contributed by atoms with Gasteiger partial charge in [-0.3, -0.25) is 9.69 Å². The fourth-order valence-corrected chi connectivity index (χ4v) is 2.47. The smallest absolute Gasteiger partial charge is 0.278 e. The first-order valence-electron chi connectivity index (χ1n) is 7.48. The number of amidine groups is 1. The summed E-state index contributed by atoms with van der Waals surface area (Å²) in [5.41, 5.74) is 2.57. The van der Waals surface area contributed by atoms with Crippen LogP contribution < -0.4 is 4.90 Å². The van der Waals surface area contributed by atoms with Crippen molar-refractivity contribution in [1.29, 1.82) is 0 Å². The molecule has 1 aliphatic heterocycles. The van der Waals surface area contributed by atoms with Crippen LogP contribution in [0.3, 0.4) is 0 Å². The third-order valence-corrected chi connectivity index (χ3v) is 3.71. The van der Waals surface area contributed by atoms with Gasteiger partial charge in [0.15, 0.2) is 0 Å². The van der Waals surface area contributed by atoms with E-state index in [1.807, 2.05) is 12.1 Å². The van der Waals surface area contributed by atoms with Gasteiger partial charge in [-0.15, -0.1) is 6.42 Å². The molecule has 0 saturated carbocycles. The topological polar surface area (TPSA) is 35.9 Å². The monoisotopic (exact) mass is 295 g/mol. The van der Waals surface area contributed by atoms with Gasteiger partial charge in [-0.05, 0) is 44.5 Å². The van der Waals surface area contributed by atoms with Gasteiger partial charge in [0.1, 0.15) is 11.5 Å². The Morgan fingerprint density at radius 2 is 1.91 bits per heavy atom. The molecule has 0 unspecified atom stereocenters. The van der Waals surface area contributed by atoms with Crippen molar-refractivity contribution in [2.24, 2.45) is 4.99 Å². The van der Waals surface area contributed by atoms with Gasteiger partial charge in [0.05, 0.1) is 6.54 Å². The van der Waals surface area contributed by atoms with Gasteiger partial charge in [-0.25, -0.2) is 4.99 Å². The van der Waals surface area contributed by atoms with Crippen LogP contribution in [-0.2, 0) is 4.79 Å². The molecule has 0 aromatic heterocycles. The molecule has 1 aliphatic rings. The summed E-state index contributed by atoms with van der Waals surface area (Å²) < 4.78 is 0. The molecule has 0 radical (unpaired) electrons. The minimum atomic E-state index is -0.136. The van der Waals surface area contributed by atoms with E-state index in [0.29, 0.717) is 11.5 Å². The molecule has 0 fully saturated rings. The minimum Gasteiger partial charge on any atom is -0.372 e. The molecule has 0 atom stereocenters. The van der Waals surface area contributed by atoms with Gasteiger partial charge < -0.3 is 4.90 Å².